The van der Waals surface area contributed by atoms with Crippen LogP contribution < -0.4 is 4.74 Å². The molecule has 0 saturated heterocycles. The summed E-state index contributed by atoms with van der Waals surface area (Å²) in [6, 6.07) is 14.2. The first-order chi connectivity index (χ1) is 10.0. The summed E-state index contributed by atoms with van der Waals surface area (Å²) in [5.41, 5.74) is 2.40. The van der Waals surface area contributed by atoms with E-state index in [0.29, 0.717) is 0 Å². The molecule has 2 rings (SSSR count). The van der Waals surface area contributed by atoms with Crippen LogP contribution in [0.25, 0.3) is 0 Å². The van der Waals surface area contributed by atoms with Crippen molar-refractivity contribution in [1.29, 1.82) is 0 Å². The van der Waals surface area contributed by atoms with Gasteiger partial charge in [0, 0.05) is 16.6 Å². The third-order valence-electron chi connectivity index (χ3n) is 2.76. The summed E-state index contributed by atoms with van der Waals surface area (Å²) >= 11 is 3.51. The molecule has 0 aliphatic heterocycles. The number of halogens is 1. The molecule has 0 radical (unpaired) electrons. The molecule has 0 atom stereocenters. The Morgan fingerprint density at radius 1 is 1.00 bits per heavy atom. The average Bonchev–Trinajstić information content (AvgIpc) is 2.46. The SMILES string of the molecule is CC.Cc1ccc(Oc2ccc(Br)cc2CN(C)C)cc1. The largest absolute Gasteiger partial charge is 0.457 e. The van der Waals surface area contributed by atoms with Crippen LogP contribution >= 0.6 is 15.9 Å². The van der Waals surface area contributed by atoms with Crippen molar-refractivity contribution in [2.45, 2.75) is 27.3 Å². The highest BCUT2D eigenvalue weighted by Gasteiger charge is 2.07. The molecule has 21 heavy (non-hydrogen) atoms. The van der Waals surface area contributed by atoms with E-state index in [-0.39, 0.29) is 0 Å². The minimum absolute atomic E-state index is 0.848. The van der Waals surface area contributed by atoms with E-state index in [0.717, 1.165) is 22.5 Å². The second kappa shape index (κ2) is 8.85. The second-order valence-electron chi connectivity index (χ2n) is 4.90. The summed E-state index contributed by atoms with van der Waals surface area (Å²) < 4.78 is 7.04. The van der Waals surface area contributed by atoms with Gasteiger partial charge in [-0.1, -0.05) is 47.5 Å². The van der Waals surface area contributed by atoms with Crippen LogP contribution in [0.15, 0.2) is 46.9 Å². The number of nitrogens with zero attached hydrogens (tertiary/aromatic N) is 1. The van der Waals surface area contributed by atoms with Gasteiger partial charge in [-0.3, -0.25) is 0 Å². The lowest BCUT2D eigenvalue weighted by Gasteiger charge is -2.15. The fraction of sp³-hybridized carbons (Fsp3) is 0.333. The fourth-order valence-corrected chi connectivity index (χ4v) is 2.25. The topological polar surface area (TPSA) is 12.5 Å². The molecule has 0 fully saturated rings. The number of rotatable bonds is 4. The summed E-state index contributed by atoms with van der Waals surface area (Å²) in [5, 5.41) is 0. The van der Waals surface area contributed by atoms with Crippen LogP contribution in [0.5, 0.6) is 11.5 Å². The fourth-order valence-electron chi connectivity index (χ4n) is 1.85. The van der Waals surface area contributed by atoms with Crippen LogP contribution in [0.2, 0.25) is 0 Å². The van der Waals surface area contributed by atoms with Crippen LogP contribution in [0, 0.1) is 6.92 Å². The molecule has 0 bridgehead atoms. The van der Waals surface area contributed by atoms with Gasteiger partial charge in [0.05, 0.1) is 0 Å². The standard InChI is InChI=1S/C16H18BrNO.C2H6/c1-12-4-7-15(8-5-12)19-16-9-6-14(17)10-13(16)11-18(2)3;1-2/h4-10H,11H2,1-3H3;1-2H3. The van der Waals surface area contributed by atoms with E-state index in [2.05, 4.69) is 60.0 Å². The highest BCUT2D eigenvalue weighted by Crippen LogP contribution is 2.28. The van der Waals surface area contributed by atoms with Gasteiger partial charge in [-0.15, -0.1) is 0 Å². The van der Waals surface area contributed by atoms with E-state index in [1.165, 1.54) is 11.1 Å². The van der Waals surface area contributed by atoms with Crippen molar-refractivity contribution in [1.82, 2.24) is 4.90 Å². The molecule has 0 aliphatic carbocycles. The minimum Gasteiger partial charge on any atom is -0.457 e. The Morgan fingerprint density at radius 3 is 2.19 bits per heavy atom. The van der Waals surface area contributed by atoms with E-state index >= 15 is 0 Å². The van der Waals surface area contributed by atoms with Crippen molar-refractivity contribution in [3.63, 3.8) is 0 Å². The molecule has 0 heterocycles. The van der Waals surface area contributed by atoms with Crippen LogP contribution in [0.1, 0.15) is 25.0 Å². The lowest BCUT2D eigenvalue weighted by Crippen LogP contribution is -2.11. The zero-order valence-corrected chi connectivity index (χ0v) is 15.1. The summed E-state index contributed by atoms with van der Waals surface area (Å²) in [5.74, 6) is 1.77. The first-order valence-electron chi connectivity index (χ1n) is 7.22. The van der Waals surface area contributed by atoms with Crippen LogP contribution in [0.3, 0.4) is 0 Å². The van der Waals surface area contributed by atoms with Gasteiger partial charge in [0.2, 0.25) is 0 Å². The van der Waals surface area contributed by atoms with Gasteiger partial charge < -0.3 is 9.64 Å². The molecule has 2 nitrogen and oxygen atoms in total. The molecule has 0 unspecified atom stereocenters. The molecule has 2 aromatic rings. The van der Waals surface area contributed by atoms with Crippen molar-refractivity contribution >= 4 is 15.9 Å². The molecule has 0 amide bonds. The maximum Gasteiger partial charge on any atom is 0.132 e. The molecule has 0 aliphatic rings. The third kappa shape index (κ3) is 5.90. The molecule has 2 aromatic carbocycles. The van der Waals surface area contributed by atoms with E-state index in [4.69, 9.17) is 4.74 Å². The average molecular weight is 350 g/mol. The molecule has 114 valence electrons. The second-order valence-corrected chi connectivity index (χ2v) is 5.82. The summed E-state index contributed by atoms with van der Waals surface area (Å²) in [4.78, 5) is 2.13. The Bertz CT molecular complexity index is 550. The predicted molar refractivity (Wildman–Crippen MR) is 94.1 cm³/mol. The van der Waals surface area contributed by atoms with Gasteiger partial charge in [-0.2, -0.15) is 0 Å². The Morgan fingerprint density at radius 2 is 1.62 bits per heavy atom. The number of aryl methyl sites for hydroxylation is 1. The van der Waals surface area contributed by atoms with E-state index in [9.17, 15) is 0 Å². The quantitative estimate of drug-likeness (QED) is 0.708. The van der Waals surface area contributed by atoms with Gasteiger partial charge in [-0.05, 0) is 51.4 Å². The lowest BCUT2D eigenvalue weighted by atomic mass is 10.2. The van der Waals surface area contributed by atoms with E-state index < -0.39 is 0 Å². The van der Waals surface area contributed by atoms with Crippen LogP contribution in [-0.2, 0) is 6.54 Å². The first-order valence-corrected chi connectivity index (χ1v) is 8.01. The van der Waals surface area contributed by atoms with Crippen molar-refractivity contribution < 1.29 is 4.74 Å². The Hall–Kier alpha value is -1.32. The predicted octanol–water partition coefficient (Wildman–Crippen LogP) is 5.64. The molecule has 0 saturated carbocycles. The number of hydrogen-bond donors (Lipinski definition) is 0. The zero-order chi connectivity index (χ0) is 15.8. The van der Waals surface area contributed by atoms with Gasteiger partial charge in [0.1, 0.15) is 11.5 Å². The number of hydrogen-bond acceptors (Lipinski definition) is 2. The van der Waals surface area contributed by atoms with Gasteiger partial charge in [0.25, 0.3) is 0 Å². The number of benzene rings is 2. The maximum atomic E-state index is 5.97. The van der Waals surface area contributed by atoms with Crippen molar-refractivity contribution in [3.8, 4) is 11.5 Å². The van der Waals surface area contributed by atoms with Gasteiger partial charge in [0.15, 0.2) is 0 Å². The first kappa shape index (κ1) is 17.7. The molecular formula is C18H24BrNO. The molecule has 0 spiro atoms. The van der Waals surface area contributed by atoms with Crippen molar-refractivity contribution in [2.75, 3.05) is 14.1 Å². The number of ether oxygens (including phenoxy) is 1. The molecule has 0 aromatic heterocycles. The van der Waals surface area contributed by atoms with Gasteiger partial charge >= 0.3 is 0 Å². The summed E-state index contributed by atoms with van der Waals surface area (Å²) in [6.07, 6.45) is 0. The molecule has 3 heteroatoms. The zero-order valence-electron chi connectivity index (χ0n) is 13.5. The highest BCUT2D eigenvalue weighted by molar-refractivity contribution is 9.10. The van der Waals surface area contributed by atoms with Crippen LogP contribution in [-0.4, -0.2) is 19.0 Å². The van der Waals surface area contributed by atoms with Crippen molar-refractivity contribution in [2.24, 2.45) is 0 Å². The monoisotopic (exact) mass is 349 g/mol. The summed E-state index contributed by atoms with van der Waals surface area (Å²) in [7, 11) is 4.10. The molecule has 0 N–H and O–H groups in total. The normalized spacial score (nSPS) is 10.0. The van der Waals surface area contributed by atoms with Gasteiger partial charge in [-0.25, -0.2) is 0 Å². The third-order valence-corrected chi connectivity index (χ3v) is 3.25. The smallest absolute Gasteiger partial charge is 0.132 e. The van der Waals surface area contributed by atoms with Crippen LogP contribution in [0.4, 0.5) is 0 Å². The molecular weight excluding hydrogens is 326 g/mol. The van der Waals surface area contributed by atoms with E-state index in [1.54, 1.807) is 0 Å². The van der Waals surface area contributed by atoms with Crippen molar-refractivity contribution in [3.05, 3.63) is 58.1 Å². The Labute approximate surface area is 136 Å². The maximum absolute atomic E-state index is 5.97. The lowest BCUT2D eigenvalue weighted by molar-refractivity contribution is 0.388. The Balaban J connectivity index is 0.00000106. The minimum atomic E-state index is 0.848. The van der Waals surface area contributed by atoms with E-state index in [1.807, 2.05) is 38.1 Å². The Kier molecular flexibility index (Phi) is 7.48. The highest BCUT2D eigenvalue weighted by atomic mass is 79.9. The summed E-state index contributed by atoms with van der Waals surface area (Å²) in [6.45, 7) is 6.92.